The first kappa shape index (κ1) is 30.9. The Morgan fingerprint density at radius 2 is 1.73 bits per heavy atom. The van der Waals surface area contributed by atoms with Crippen molar-refractivity contribution in [3.05, 3.63) is 71.8 Å². The molecule has 1 saturated heterocycles. The number of nitrogens with zero attached hydrogens (tertiary/aromatic N) is 1. The molecule has 1 aliphatic rings. The van der Waals surface area contributed by atoms with Crippen LogP contribution in [0, 0.1) is 0 Å². The third-order valence-electron chi connectivity index (χ3n) is 5.90. The Hall–Kier alpha value is -3.61. The zero-order chi connectivity index (χ0) is 29.1. The number of amidine groups is 1. The third-order valence-corrected chi connectivity index (χ3v) is 7.60. The van der Waals surface area contributed by atoms with Gasteiger partial charge < -0.3 is 19.5 Å². The van der Waals surface area contributed by atoms with E-state index >= 15 is 0 Å². The van der Waals surface area contributed by atoms with Crippen molar-refractivity contribution in [2.45, 2.75) is 51.7 Å². The van der Waals surface area contributed by atoms with Gasteiger partial charge in [0.15, 0.2) is 15.6 Å². The Morgan fingerprint density at radius 1 is 1.07 bits per heavy atom. The molecule has 3 rings (SSSR count). The molecule has 0 aromatic heterocycles. The molecule has 40 heavy (non-hydrogen) atoms. The van der Waals surface area contributed by atoms with Crippen LogP contribution in [0.3, 0.4) is 0 Å². The molecule has 2 N–H and O–H groups in total. The van der Waals surface area contributed by atoms with Gasteiger partial charge in [-0.2, -0.15) is 0 Å². The zero-order valence-corrected chi connectivity index (χ0v) is 23.6. The standard InChI is InChI=1S/C28H35N3O8S/c1-4-40(35,36)18-22(29-26(21-13-9-6-10-14-21)31-28(34)39-19(2)3)27(33)30-25-23(32)16-38-24(25)17-37-15-20-11-7-5-8-12-20/h5-14,19,22,24-25H,4,15-18H2,1-3H3,(H,30,33)(H,29,31,34). The highest BCUT2D eigenvalue weighted by molar-refractivity contribution is 7.91. The van der Waals surface area contributed by atoms with E-state index in [1.165, 1.54) is 6.92 Å². The normalized spacial score (nSPS) is 18.4. The molecular formula is C28H35N3O8S. The van der Waals surface area contributed by atoms with E-state index in [2.05, 4.69) is 15.6 Å². The van der Waals surface area contributed by atoms with E-state index in [9.17, 15) is 22.8 Å². The average Bonchev–Trinajstić information content (AvgIpc) is 3.27. The molecular weight excluding hydrogens is 538 g/mol. The Labute approximate surface area is 234 Å². The van der Waals surface area contributed by atoms with E-state index in [1.807, 2.05) is 30.3 Å². The van der Waals surface area contributed by atoms with Crippen LogP contribution in [0.15, 0.2) is 65.7 Å². The number of hydrogen-bond acceptors (Lipinski definition) is 9. The Kier molecular flexibility index (Phi) is 11.4. The summed E-state index contributed by atoms with van der Waals surface area (Å²) >= 11 is 0. The minimum absolute atomic E-state index is 0.0324. The average molecular weight is 574 g/mol. The molecule has 0 radical (unpaired) electrons. The van der Waals surface area contributed by atoms with Gasteiger partial charge >= 0.3 is 6.09 Å². The van der Waals surface area contributed by atoms with E-state index in [0.29, 0.717) is 5.56 Å². The zero-order valence-electron chi connectivity index (χ0n) is 22.7. The van der Waals surface area contributed by atoms with Crippen LogP contribution in [0.2, 0.25) is 0 Å². The van der Waals surface area contributed by atoms with Gasteiger partial charge in [0.2, 0.25) is 5.91 Å². The van der Waals surface area contributed by atoms with Gasteiger partial charge in [-0.3, -0.25) is 19.9 Å². The third kappa shape index (κ3) is 9.54. The lowest BCUT2D eigenvalue weighted by Gasteiger charge is -2.22. The molecule has 216 valence electrons. The number of rotatable bonds is 12. The number of alkyl carbamates (subject to hydrolysis) is 1. The second kappa shape index (κ2) is 14.7. The lowest BCUT2D eigenvalue weighted by Crippen LogP contribution is -2.51. The summed E-state index contributed by atoms with van der Waals surface area (Å²) in [6.45, 7) is 4.90. The molecule has 1 aliphatic heterocycles. The van der Waals surface area contributed by atoms with Gasteiger partial charge in [0.25, 0.3) is 0 Å². The number of sulfone groups is 1. The van der Waals surface area contributed by atoms with E-state index in [1.54, 1.807) is 44.2 Å². The maximum atomic E-state index is 13.4. The van der Waals surface area contributed by atoms with Gasteiger partial charge in [-0.25, -0.2) is 13.2 Å². The predicted octanol–water partition coefficient (Wildman–Crippen LogP) is 2.04. The Morgan fingerprint density at radius 3 is 2.35 bits per heavy atom. The van der Waals surface area contributed by atoms with Crippen molar-refractivity contribution in [2.75, 3.05) is 24.7 Å². The smallest absolute Gasteiger partial charge is 0.413 e. The highest BCUT2D eigenvalue weighted by Crippen LogP contribution is 2.14. The van der Waals surface area contributed by atoms with Crippen LogP contribution in [0.4, 0.5) is 4.79 Å². The van der Waals surface area contributed by atoms with Crippen LogP contribution in [-0.2, 0) is 40.2 Å². The van der Waals surface area contributed by atoms with Gasteiger partial charge in [0, 0.05) is 11.3 Å². The van der Waals surface area contributed by atoms with Crippen molar-refractivity contribution in [3.63, 3.8) is 0 Å². The van der Waals surface area contributed by atoms with Gasteiger partial charge in [0.05, 0.1) is 25.1 Å². The minimum Gasteiger partial charge on any atom is -0.447 e. The predicted molar refractivity (Wildman–Crippen MR) is 149 cm³/mol. The summed E-state index contributed by atoms with van der Waals surface area (Å²) in [5, 5.41) is 5.12. The molecule has 2 amide bonds. The van der Waals surface area contributed by atoms with Gasteiger partial charge in [-0.05, 0) is 19.4 Å². The lowest BCUT2D eigenvalue weighted by atomic mass is 10.1. The van der Waals surface area contributed by atoms with Gasteiger partial charge in [-0.15, -0.1) is 0 Å². The van der Waals surface area contributed by atoms with Gasteiger partial charge in [-0.1, -0.05) is 67.6 Å². The van der Waals surface area contributed by atoms with Crippen LogP contribution in [-0.4, -0.2) is 81.0 Å². The molecule has 3 atom stereocenters. The number of Topliss-reactive ketones (excluding diaryl/α,β-unsaturated/α-hetero) is 1. The number of carbonyl (C=O) groups is 3. The molecule has 2 aromatic carbocycles. The maximum Gasteiger partial charge on any atom is 0.413 e. The summed E-state index contributed by atoms with van der Waals surface area (Å²) in [6.07, 6.45) is -2.00. The first-order valence-electron chi connectivity index (χ1n) is 13.0. The minimum atomic E-state index is -3.70. The van der Waals surface area contributed by atoms with Crippen molar-refractivity contribution in [3.8, 4) is 0 Å². The molecule has 1 fully saturated rings. The quantitative estimate of drug-likeness (QED) is 0.289. The number of hydrogen-bond donors (Lipinski definition) is 2. The molecule has 2 aromatic rings. The van der Waals surface area contributed by atoms with Crippen LogP contribution >= 0.6 is 0 Å². The van der Waals surface area contributed by atoms with E-state index in [4.69, 9.17) is 14.2 Å². The van der Waals surface area contributed by atoms with Crippen molar-refractivity contribution >= 4 is 33.5 Å². The van der Waals surface area contributed by atoms with E-state index in [0.717, 1.165) is 5.56 Å². The number of ether oxygens (including phenoxy) is 3. The molecule has 0 spiro atoms. The van der Waals surface area contributed by atoms with E-state index in [-0.39, 0.29) is 37.2 Å². The fraction of sp³-hybridized carbons (Fsp3) is 0.429. The van der Waals surface area contributed by atoms with Crippen molar-refractivity contribution in [1.29, 1.82) is 0 Å². The fourth-order valence-corrected chi connectivity index (χ4v) is 4.76. The largest absolute Gasteiger partial charge is 0.447 e. The second-order valence-corrected chi connectivity index (χ2v) is 11.8. The summed E-state index contributed by atoms with van der Waals surface area (Å²) < 4.78 is 41.5. The topological polar surface area (TPSA) is 149 Å². The second-order valence-electron chi connectivity index (χ2n) is 9.44. The molecule has 11 nitrogen and oxygen atoms in total. The molecule has 1 heterocycles. The first-order chi connectivity index (χ1) is 19.1. The van der Waals surface area contributed by atoms with Crippen LogP contribution in [0.5, 0.6) is 0 Å². The van der Waals surface area contributed by atoms with Crippen molar-refractivity contribution < 1.29 is 37.0 Å². The summed E-state index contributed by atoms with van der Waals surface area (Å²) in [5.41, 5.74) is 1.37. The molecule has 0 aliphatic carbocycles. The summed E-state index contributed by atoms with van der Waals surface area (Å²) in [7, 11) is -3.70. The number of benzene rings is 2. The SMILES string of the molecule is CCS(=O)(=O)CC(N=C(NC(=O)OC(C)C)c1ccccc1)C(=O)NC1C(=O)COC1COCc1ccccc1. The number of aliphatic imine (C=N–C) groups is 1. The highest BCUT2D eigenvalue weighted by Gasteiger charge is 2.39. The maximum absolute atomic E-state index is 13.4. The summed E-state index contributed by atoms with van der Waals surface area (Å²) in [4.78, 5) is 42.8. The van der Waals surface area contributed by atoms with Crippen molar-refractivity contribution in [1.82, 2.24) is 10.6 Å². The molecule has 3 unspecified atom stereocenters. The first-order valence-corrected chi connectivity index (χ1v) is 14.8. The van der Waals surface area contributed by atoms with Crippen LogP contribution in [0.1, 0.15) is 31.9 Å². The Bertz CT molecular complexity index is 1280. The number of carbonyl (C=O) groups excluding carboxylic acids is 3. The van der Waals surface area contributed by atoms with E-state index < -0.39 is 51.9 Å². The Balaban J connectivity index is 1.82. The monoisotopic (exact) mass is 573 g/mol. The number of nitrogens with one attached hydrogen (secondary N) is 2. The lowest BCUT2D eigenvalue weighted by molar-refractivity contribution is -0.127. The fourth-order valence-electron chi connectivity index (χ4n) is 3.82. The summed E-state index contributed by atoms with van der Waals surface area (Å²) in [6, 6.07) is 15.4. The number of ketones is 1. The summed E-state index contributed by atoms with van der Waals surface area (Å²) in [5.74, 6) is -2.08. The van der Waals surface area contributed by atoms with Crippen molar-refractivity contribution in [2.24, 2.45) is 4.99 Å². The molecule has 0 bridgehead atoms. The van der Waals surface area contributed by atoms with Gasteiger partial charge in [0.1, 0.15) is 30.6 Å². The molecule has 12 heteroatoms. The number of amides is 2. The highest BCUT2D eigenvalue weighted by atomic mass is 32.2. The van der Waals surface area contributed by atoms with Crippen LogP contribution < -0.4 is 10.6 Å². The van der Waals surface area contributed by atoms with Crippen LogP contribution in [0.25, 0.3) is 0 Å². The molecule has 0 saturated carbocycles.